The minimum Gasteiger partial charge on any atom is -0.387 e. The van der Waals surface area contributed by atoms with Gasteiger partial charge in [0.05, 0.1) is 18.8 Å². The average molecular weight is 448 g/mol. The number of hydrogen-bond donors (Lipinski definition) is 2. The van der Waals surface area contributed by atoms with E-state index in [9.17, 15) is 9.50 Å². The number of aliphatic hydroxyl groups excluding tert-OH is 1. The summed E-state index contributed by atoms with van der Waals surface area (Å²) in [4.78, 5) is 0. The molecule has 0 saturated heterocycles. The summed E-state index contributed by atoms with van der Waals surface area (Å²) in [5.41, 5.74) is 3.12. The smallest absolute Gasteiger partial charge is 0.123 e. The van der Waals surface area contributed by atoms with E-state index in [-0.39, 0.29) is 11.9 Å². The van der Waals surface area contributed by atoms with Gasteiger partial charge in [-0.3, -0.25) is 0 Å². The van der Waals surface area contributed by atoms with Gasteiger partial charge in [-0.15, -0.1) is 0 Å². The molecule has 0 radical (unpaired) electrons. The lowest BCUT2D eigenvalue weighted by Gasteiger charge is -2.35. The molecule has 174 valence electrons. The number of rotatable bonds is 10. The highest BCUT2D eigenvalue weighted by molar-refractivity contribution is 5.20. The normalized spacial score (nSPS) is 20.3. The maximum atomic E-state index is 13.6. The summed E-state index contributed by atoms with van der Waals surface area (Å²) in [6.45, 7) is 1.08. The van der Waals surface area contributed by atoms with Gasteiger partial charge in [0, 0.05) is 12.6 Å². The monoisotopic (exact) mass is 447 g/mol. The van der Waals surface area contributed by atoms with E-state index in [1.54, 1.807) is 12.1 Å². The van der Waals surface area contributed by atoms with Gasteiger partial charge in [0.25, 0.3) is 0 Å². The van der Waals surface area contributed by atoms with Crippen molar-refractivity contribution in [2.75, 3.05) is 6.54 Å². The Balaban J connectivity index is 1.33. The maximum Gasteiger partial charge on any atom is 0.123 e. The van der Waals surface area contributed by atoms with Crippen molar-refractivity contribution in [2.24, 2.45) is 5.92 Å². The molecule has 4 rings (SSSR count). The molecule has 1 aliphatic rings. The van der Waals surface area contributed by atoms with Crippen molar-refractivity contribution in [3.63, 3.8) is 0 Å². The minimum atomic E-state index is -0.732. The van der Waals surface area contributed by atoms with Gasteiger partial charge in [0.15, 0.2) is 0 Å². The molecule has 0 heterocycles. The van der Waals surface area contributed by atoms with Crippen molar-refractivity contribution in [1.29, 1.82) is 0 Å². The van der Waals surface area contributed by atoms with Gasteiger partial charge in [-0.05, 0) is 66.8 Å². The van der Waals surface area contributed by atoms with Crippen LogP contribution >= 0.6 is 0 Å². The summed E-state index contributed by atoms with van der Waals surface area (Å²) < 4.78 is 19.8. The van der Waals surface area contributed by atoms with Gasteiger partial charge in [-0.2, -0.15) is 0 Å². The highest BCUT2D eigenvalue weighted by Gasteiger charge is 2.28. The molecular formula is C29H34FNO2. The quantitative estimate of drug-likeness (QED) is 0.411. The van der Waals surface area contributed by atoms with Crippen LogP contribution in [-0.4, -0.2) is 23.8 Å². The zero-order valence-electron chi connectivity index (χ0n) is 19.1. The third kappa shape index (κ3) is 7.23. The molecule has 1 aliphatic carbocycles. The Hall–Kier alpha value is -2.53. The SMILES string of the molecule is O[C@@H](CN[C@H](Cc1ccccc1)C1CCC(OCc2ccccc2)CC1)c1cccc(F)c1. The van der Waals surface area contributed by atoms with Crippen LogP contribution in [0.3, 0.4) is 0 Å². The van der Waals surface area contributed by atoms with Crippen molar-refractivity contribution >= 4 is 0 Å². The molecule has 33 heavy (non-hydrogen) atoms. The fourth-order valence-corrected chi connectivity index (χ4v) is 4.81. The molecule has 0 amide bonds. The molecular weight excluding hydrogens is 413 g/mol. The maximum absolute atomic E-state index is 13.6. The number of nitrogens with one attached hydrogen (secondary N) is 1. The van der Waals surface area contributed by atoms with Gasteiger partial charge in [-0.25, -0.2) is 4.39 Å². The van der Waals surface area contributed by atoms with Crippen LogP contribution in [0.15, 0.2) is 84.9 Å². The Bertz CT molecular complexity index is 958. The summed E-state index contributed by atoms with van der Waals surface area (Å²) in [6.07, 6.45) is 4.78. The lowest BCUT2D eigenvalue weighted by atomic mass is 9.80. The highest BCUT2D eigenvalue weighted by atomic mass is 19.1. The molecule has 2 N–H and O–H groups in total. The Morgan fingerprint density at radius 2 is 1.52 bits per heavy atom. The number of halogens is 1. The van der Waals surface area contributed by atoms with E-state index in [4.69, 9.17) is 4.74 Å². The first kappa shape index (κ1) is 23.6. The van der Waals surface area contributed by atoms with Gasteiger partial charge >= 0.3 is 0 Å². The van der Waals surface area contributed by atoms with Crippen LogP contribution in [0.1, 0.15) is 48.5 Å². The van der Waals surface area contributed by atoms with Gasteiger partial charge in [0.2, 0.25) is 0 Å². The van der Waals surface area contributed by atoms with Crippen LogP contribution in [-0.2, 0) is 17.8 Å². The van der Waals surface area contributed by atoms with Crippen molar-refractivity contribution in [3.8, 4) is 0 Å². The Labute approximate surface area is 196 Å². The van der Waals surface area contributed by atoms with Crippen LogP contribution in [0, 0.1) is 11.7 Å². The predicted octanol–water partition coefficient (Wildman–Crippen LogP) is 5.84. The van der Waals surface area contributed by atoms with E-state index in [0.717, 1.165) is 32.1 Å². The van der Waals surface area contributed by atoms with E-state index in [0.29, 0.717) is 30.7 Å². The summed E-state index contributed by atoms with van der Waals surface area (Å²) in [5.74, 6) is 0.197. The second-order valence-corrected chi connectivity index (χ2v) is 9.11. The molecule has 1 fully saturated rings. The Morgan fingerprint density at radius 3 is 2.18 bits per heavy atom. The summed E-state index contributed by atoms with van der Waals surface area (Å²) in [6, 6.07) is 27.3. The first-order chi connectivity index (χ1) is 16.2. The van der Waals surface area contributed by atoms with E-state index in [1.165, 1.54) is 23.3 Å². The number of hydrogen-bond acceptors (Lipinski definition) is 3. The fourth-order valence-electron chi connectivity index (χ4n) is 4.81. The molecule has 3 nitrogen and oxygen atoms in total. The van der Waals surface area contributed by atoms with Gasteiger partial charge in [0.1, 0.15) is 5.82 Å². The van der Waals surface area contributed by atoms with Crippen LogP contribution < -0.4 is 5.32 Å². The lowest BCUT2D eigenvalue weighted by Crippen LogP contribution is -2.42. The fraction of sp³-hybridized carbons (Fsp3) is 0.379. The molecule has 0 aromatic heterocycles. The summed E-state index contributed by atoms with van der Waals surface area (Å²) in [7, 11) is 0. The zero-order chi connectivity index (χ0) is 22.9. The van der Waals surface area contributed by atoms with Crippen molar-refractivity contribution in [2.45, 2.75) is 57.0 Å². The van der Waals surface area contributed by atoms with Crippen LogP contribution in [0.4, 0.5) is 4.39 Å². The molecule has 3 aromatic carbocycles. The van der Waals surface area contributed by atoms with Gasteiger partial charge < -0.3 is 15.2 Å². The minimum absolute atomic E-state index is 0.255. The van der Waals surface area contributed by atoms with Crippen molar-refractivity contribution < 1.29 is 14.2 Å². The molecule has 0 bridgehead atoms. The largest absolute Gasteiger partial charge is 0.387 e. The Kier molecular flexibility index (Phi) is 8.65. The van der Waals surface area contributed by atoms with E-state index < -0.39 is 6.10 Å². The van der Waals surface area contributed by atoms with Gasteiger partial charge in [-0.1, -0.05) is 72.8 Å². The topological polar surface area (TPSA) is 41.5 Å². The Morgan fingerprint density at radius 1 is 0.848 bits per heavy atom. The van der Waals surface area contributed by atoms with E-state index in [1.807, 2.05) is 24.3 Å². The van der Waals surface area contributed by atoms with E-state index in [2.05, 4.69) is 41.7 Å². The molecule has 0 spiro atoms. The van der Waals surface area contributed by atoms with Crippen molar-refractivity contribution in [1.82, 2.24) is 5.32 Å². The first-order valence-corrected chi connectivity index (χ1v) is 12.0. The highest BCUT2D eigenvalue weighted by Crippen LogP contribution is 2.31. The van der Waals surface area contributed by atoms with Crippen LogP contribution in [0.5, 0.6) is 0 Å². The number of ether oxygens (including phenoxy) is 1. The third-order valence-electron chi connectivity index (χ3n) is 6.72. The molecule has 3 aromatic rings. The standard InChI is InChI=1S/C29H34FNO2/c30-26-13-7-12-25(19-26)29(32)20-31-28(18-22-8-3-1-4-9-22)24-14-16-27(17-15-24)33-21-23-10-5-2-6-11-23/h1-13,19,24,27-29,31-32H,14-18,20-21H2/t24?,27?,28-,29+/m1/s1. The van der Waals surface area contributed by atoms with E-state index >= 15 is 0 Å². The molecule has 0 unspecified atom stereocenters. The molecule has 2 atom stereocenters. The molecule has 1 saturated carbocycles. The molecule has 0 aliphatic heterocycles. The third-order valence-corrected chi connectivity index (χ3v) is 6.72. The first-order valence-electron chi connectivity index (χ1n) is 12.0. The average Bonchev–Trinajstić information content (AvgIpc) is 2.87. The number of aliphatic hydroxyl groups is 1. The predicted molar refractivity (Wildman–Crippen MR) is 130 cm³/mol. The second-order valence-electron chi connectivity index (χ2n) is 9.11. The van der Waals surface area contributed by atoms with Crippen LogP contribution in [0.25, 0.3) is 0 Å². The lowest BCUT2D eigenvalue weighted by molar-refractivity contribution is 0.00275. The van der Waals surface area contributed by atoms with Crippen molar-refractivity contribution in [3.05, 3.63) is 107 Å². The summed E-state index contributed by atoms with van der Waals surface area (Å²) in [5, 5.41) is 14.2. The zero-order valence-corrected chi connectivity index (χ0v) is 19.1. The van der Waals surface area contributed by atoms with Crippen LogP contribution in [0.2, 0.25) is 0 Å². The molecule has 4 heteroatoms. The summed E-state index contributed by atoms with van der Waals surface area (Å²) >= 11 is 0. The second kappa shape index (κ2) is 12.1. The number of benzene rings is 3.